The minimum Gasteiger partial charge on any atom is -0.378 e. The number of para-hydroxylation sites is 2. The van der Waals surface area contributed by atoms with E-state index >= 15 is 0 Å². The quantitative estimate of drug-likeness (QED) is 0.920. The summed E-state index contributed by atoms with van der Waals surface area (Å²) in [6.45, 7) is 10.3. The Morgan fingerprint density at radius 1 is 1.17 bits per heavy atom. The summed E-state index contributed by atoms with van der Waals surface area (Å²) in [7, 11) is 0. The van der Waals surface area contributed by atoms with E-state index in [0.29, 0.717) is 18.4 Å². The second-order valence-electron chi connectivity index (χ2n) is 7.30. The number of morpholine rings is 1. The number of piperidine rings is 1. The number of nitrogens with one attached hydrogen (secondary N) is 1. The SMILES string of the molecule is CC1CC(C)CN(CC(=O)Nc2ccccc2N2CCOCC2)C1. The zero-order valence-electron chi connectivity index (χ0n) is 14.8. The summed E-state index contributed by atoms with van der Waals surface area (Å²) in [5, 5.41) is 3.12. The molecule has 0 aromatic heterocycles. The van der Waals surface area contributed by atoms with Crippen molar-refractivity contribution in [1.29, 1.82) is 0 Å². The fourth-order valence-corrected chi connectivity index (χ4v) is 3.97. The Kier molecular flexibility index (Phi) is 5.74. The Bertz CT molecular complexity index is 547. The van der Waals surface area contributed by atoms with Crippen molar-refractivity contribution in [1.82, 2.24) is 4.90 Å². The summed E-state index contributed by atoms with van der Waals surface area (Å²) < 4.78 is 5.43. The molecule has 24 heavy (non-hydrogen) atoms. The highest BCUT2D eigenvalue weighted by atomic mass is 16.5. The number of hydrogen-bond donors (Lipinski definition) is 1. The van der Waals surface area contributed by atoms with Crippen molar-refractivity contribution < 1.29 is 9.53 Å². The molecule has 2 unspecified atom stereocenters. The van der Waals surface area contributed by atoms with Gasteiger partial charge in [0.15, 0.2) is 0 Å². The Morgan fingerprint density at radius 2 is 1.83 bits per heavy atom. The topological polar surface area (TPSA) is 44.8 Å². The van der Waals surface area contributed by atoms with Crippen molar-refractivity contribution in [3.8, 4) is 0 Å². The molecule has 0 radical (unpaired) electrons. The minimum atomic E-state index is 0.0806. The predicted octanol–water partition coefficient (Wildman–Crippen LogP) is 2.44. The number of anilines is 2. The van der Waals surface area contributed by atoms with E-state index in [1.165, 1.54) is 6.42 Å². The van der Waals surface area contributed by atoms with Gasteiger partial charge in [-0.15, -0.1) is 0 Å². The molecule has 1 N–H and O–H groups in total. The second-order valence-corrected chi connectivity index (χ2v) is 7.30. The van der Waals surface area contributed by atoms with Crippen LogP contribution < -0.4 is 10.2 Å². The molecular formula is C19H29N3O2. The van der Waals surface area contributed by atoms with Crippen molar-refractivity contribution in [2.75, 3.05) is 56.2 Å². The Hall–Kier alpha value is -1.59. The van der Waals surface area contributed by atoms with Crippen LogP contribution in [0.3, 0.4) is 0 Å². The van der Waals surface area contributed by atoms with Gasteiger partial charge in [0, 0.05) is 26.2 Å². The van der Waals surface area contributed by atoms with E-state index in [9.17, 15) is 4.79 Å². The maximum absolute atomic E-state index is 12.5. The normalized spacial score (nSPS) is 25.5. The highest BCUT2D eigenvalue weighted by Crippen LogP contribution is 2.26. The molecule has 2 fully saturated rings. The summed E-state index contributed by atoms with van der Waals surface area (Å²) in [4.78, 5) is 17.1. The lowest BCUT2D eigenvalue weighted by Crippen LogP contribution is -2.43. The fraction of sp³-hybridized carbons (Fsp3) is 0.632. The van der Waals surface area contributed by atoms with E-state index < -0.39 is 0 Å². The maximum atomic E-state index is 12.5. The lowest BCUT2D eigenvalue weighted by Gasteiger charge is -2.34. The van der Waals surface area contributed by atoms with Gasteiger partial charge in [-0.25, -0.2) is 0 Å². The molecule has 2 aliphatic heterocycles. The zero-order valence-corrected chi connectivity index (χ0v) is 14.8. The number of nitrogens with zero attached hydrogens (tertiary/aromatic N) is 2. The molecule has 132 valence electrons. The van der Waals surface area contributed by atoms with Crippen molar-refractivity contribution in [3.05, 3.63) is 24.3 Å². The van der Waals surface area contributed by atoms with Crippen molar-refractivity contribution >= 4 is 17.3 Å². The molecule has 2 atom stereocenters. The van der Waals surface area contributed by atoms with Crippen LogP contribution in [0.1, 0.15) is 20.3 Å². The first-order valence-electron chi connectivity index (χ1n) is 9.05. The molecule has 2 aliphatic rings. The lowest BCUT2D eigenvalue weighted by molar-refractivity contribution is -0.117. The number of ether oxygens (including phenoxy) is 1. The standard InChI is InChI=1S/C19H29N3O2/c1-15-11-16(2)13-21(12-15)14-19(23)20-17-5-3-4-6-18(17)22-7-9-24-10-8-22/h3-6,15-16H,7-14H2,1-2H3,(H,20,23). The Balaban J connectivity index is 1.62. The third-order valence-corrected chi connectivity index (χ3v) is 4.84. The van der Waals surface area contributed by atoms with E-state index in [-0.39, 0.29) is 5.91 Å². The maximum Gasteiger partial charge on any atom is 0.238 e. The number of carbonyl (C=O) groups is 1. The van der Waals surface area contributed by atoms with Crippen LogP contribution in [-0.4, -0.2) is 56.7 Å². The molecule has 1 aromatic carbocycles. The zero-order chi connectivity index (χ0) is 16.9. The first kappa shape index (κ1) is 17.2. The highest BCUT2D eigenvalue weighted by molar-refractivity contribution is 5.95. The van der Waals surface area contributed by atoms with Gasteiger partial charge in [-0.1, -0.05) is 26.0 Å². The summed E-state index contributed by atoms with van der Waals surface area (Å²) >= 11 is 0. The van der Waals surface area contributed by atoms with Crippen LogP contribution in [0.25, 0.3) is 0 Å². The van der Waals surface area contributed by atoms with E-state index in [2.05, 4.69) is 35.0 Å². The first-order chi connectivity index (χ1) is 11.6. The number of benzene rings is 1. The molecular weight excluding hydrogens is 302 g/mol. The van der Waals surface area contributed by atoms with Crippen LogP contribution >= 0.6 is 0 Å². The third kappa shape index (κ3) is 4.48. The second kappa shape index (κ2) is 7.99. The van der Waals surface area contributed by atoms with Gasteiger partial charge in [-0.05, 0) is 30.4 Å². The number of rotatable bonds is 4. The number of carbonyl (C=O) groups excluding carboxylic acids is 1. The molecule has 1 aromatic rings. The van der Waals surface area contributed by atoms with Gasteiger partial charge in [-0.3, -0.25) is 9.69 Å². The van der Waals surface area contributed by atoms with Crippen LogP contribution in [0.5, 0.6) is 0 Å². The average molecular weight is 331 g/mol. The van der Waals surface area contributed by atoms with Gasteiger partial charge in [-0.2, -0.15) is 0 Å². The van der Waals surface area contributed by atoms with Crippen LogP contribution in [-0.2, 0) is 9.53 Å². The molecule has 0 saturated carbocycles. The van der Waals surface area contributed by atoms with E-state index in [4.69, 9.17) is 4.74 Å². The largest absolute Gasteiger partial charge is 0.378 e. The van der Waals surface area contributed by atoms with Gasteiger partial charge in [0.05, 0.1) is 31.1 Å². The summed E-state index contributed by atoms with van der Waals surface area (Å²) in [6, 6.07) is 8.06. The molecule has 5 nitrogen and oxygen atoms in total. The van der Waals surface area contributed by atoms with Crippen LogP contribution in [0.2, 0.25) is 0 Å². The molecule has 1 amide bonds. The number of amides is 1. The van der Waals surface area contributed by atoms with Crippen LogP contribution in [0.15, 0.2) is 24.3 Å². The third-order valence-electron chi connectivity index (χ3n) is 4.84. The predicted molar refractivity (Wildman–Crippen MR) is 97.5 cm³/mol. The molecule has 3 rings (SSSR count). The number of hydrogen-bond acceptors (Lipinski definition) is 4. The molecule has 0 spiro atoms. The van der Waals surface area contributed by atoms with Crippen LogP contribution in [0, 0.1) is 11.8 Å². The van der Waals surface area contributed by atoms with Gasteiger partial charge in [0.1, 0.15) is 0 Å². The molecule has 2 saturated heterocycles. The van der Waals surface area contributed by atoms with Crippen LogP contribution in [0.4, 0.5) is 11.4 Å². The fourth-order valence-electron chi connectivity index (χ4n) is 3.97. The van der Waals surface area contributed by atoms with Gasteiger partial charge < -0.3 is 15.0 Å². The van der Waals surface area contributed by atoms with Crippen molar-refractivity contribution in [2.24, 2.45) is 11.8 Å². The lowest BCUT2D eigenvalue weighted by atomic mass is 9.92. The molecule has 0 aliphatic carbocycles. The summed E-state index contributed by atoms with van der Waals surface area (Å²) in [5.41, 5.74) is 2.00. The minimum absolute atomic E-state index is 0.0806. The first-order valence-corrected chi connectivity index (χ1v) is 9.05. The molecule has 2 heterocycles. The van der Waals surface area contributed by atoms with Crippen molar-refractivity contribution in [3.63, 3.8) is 0 Å². The summed E-state index contributed by atoms with van der Waals surface area (Å²) in [6.07, 6.45) is 1.26. The highest BCUT2D eigenvalue weighted by Gasteiger charge is 2.23. The van der Waals surface area contributed by atoms with Gasteiger partial charge >= 0.3 is 0 Å². The number of likely N-dealkylation sites (tertiary alicyclic amines) is 1. The summed E-state index contributed by atoms with van der Waals surface area (Å²) in [5.74, 6) is 1.42. The Labute approximate surface area is 145 Å². The van der Waals surface area contributed by atoms with Gasteiger partial charge in [0.25, 0.3) is 0 Å². The van der Waals surface area contributed by atoms with Crippen molar-refractivity contribution in [2.45, 2.75) is 20.3 Å². The van der Waals surface area contributed by atoms with Gasteiger partial charge in [0.2, 0.25) is 5.91 Å². The molecule has 5 heteroatoms. The smallest absolute Gasteiger partial charge is 0.238 e. The average Bonchev–Trinajstić information content (AvgIpc) is 2.55. The molecule has 0 bridgehead atoms. The Morgan fingerprint density at radius 3 is 2.54 bits per heavy atom. The monoisotopic (exact) mass is 331 g/mol. The van der Waals surface area contributed by atoms with E-state index in [0.717, 1.165) is 50.8 Å². The van der Waals surface area contributed by atoms with E-state index in [1.54, 1.807) is 0 Å². The van der Waals surface area contributed by atoms with E-state index in [1.807, 2.05) is 18.2 Å².